The minimum atomic E-state index is -0.664. The summed E-state index contributed by atoms with van der Waals surface area (Å²) in [7, 11) is 0. The van der Waals surface area contributed by atoms with Crippen LogP contribution in [-0.2, 0) is 21.9 Å². The summed E-state index contributed by atoms with van der Waals surface area (Å²) >= 11 is 24.0. The molecule has 0 radical (unpaired) electrons. The average Bonchev–Trinajstić information content (AvgIpc) is 3.42. The summed E-state index contributed by atoms with van der Waals surface area (Å²) in [6, 6.07) is 16.0. The summed E-state index contributed by atoms with van der Waals surface area (Å²) < 4.78 is 20.3. The molecule has 0 spiro atoms. The van der Waals surface area contributed by atoms with Crippen molar-refractivity contribution < 1.29 is 19.0 Å². The number of fused-ring (bicyclic) bond motifs is 1. The van der Waals surface area contributed by atoms with Gasteiger partial charge in [-0.05, 0) is 77.7 Å². The lowest BCUT2D eigenvalue weighted by Crippen LogP contribution is -2.30. The number of halogens is 4. The molecule has 0 aliphatic carbocycles. The Morgan fingerprint density at radius 1 is 1.04 bits per heavy atom. The summed E-state index contributed by atoms with van der Waals surface area (Å²) in [6.45, 7) is 6.67. The molecule has 1 aromatic heterocycles. The Bertz CT molecular complexity index is 1770. The lowest BCUT2D eigenvalue weighted by atomic mass is 9.95. The molecule has 0 bridgehead atoms. The molecule has 0 fully saturated rings. The van der Waals surface area contributed by atoms with E-state index < -0.39 is 12.0 Å². The number of unbranched alkanes of at least 4 members (excludes halogenated alkanes) is 1. The van der Waals surface area contributed by atoms with Crippen LogP contribution >= 0.6 is 62.5 Å². The highest BCUT2D eigenvalue weighted by Crippen LogP contribution is 2.44. The van der Waals surface area contributed by atoms with Crippen LogP contribution in [0.3, 0.4) is 0 Å². The van der Waals surface area contributed by atoms with Crippen LogP contribution in [0, 0.1) is 0 Å². The molecular weight excluding hydrogens is 735 g/mol. The number of hydrogen-bond donors (Lipinski definition) is 1. The summed E-state index contributed by atoms with van der Waals surface area (Å²) in [5.41, 5.74) is 3.52. The summed E-state index contributed by atoms with van der Waals surface area (Å²) in [5, 5.41) is 10.4. The molecule has 1 atom stereocenters. The number of rotatable bonds is 13. The van der Waals surface area contributed by atoms with E-state index in [4.69, 9.17) is 59.1 Å². The van der Waals surface area contributed by atoms with E-state index in [1.807, 2.05) is 63.2 Å². The summed E-state index contributed by atoms with van der Waals surface area (Å²) in [6.07, 6.45) is 1.66. The Labute approximate surface area is 295 Å². The van der Waals surface area contributed by atoms with Crippen LogP contribution in [0.4, 0.5) is 5.95 Å². The van der Waals surface area contributed by atoms with E-state index in [1.165, 1.54) is 11.8 Å². The van der Waals surface area contributed by atoms with Gasteiger partial charge in [-0.1, -0.05) is 84.2 Å². The molecule has 0 amide bonds. The van der Waals surface area contributed by atoms with Crippen molar-refractivity contribution in [3.05, 3.63) is 102 Å². The molecule has 0 saturated carbocycles. The van der Waals surface area contributed by atoms with Gasteiger partial charge in [-0.15, -0.1) is 5.10 Å². The third-order valence-corrected chi connectivity index (χ3v) is 9.56. The highest BCUT2D eigenvalue weighted by Gasteiger charge is 2.36. The van der Waals surface area contributed by atoms with Crippen LogP contribution in [0.15, 0.2) is 75.5 Å². The zero-order valence-corrected chi connectivity index (χ0v) is 30.1. The fourth-order valence-electron chi connectivity index (χ4n) is 4.85. The van der Waals surface area contributed by atoms with Gasteiger partial charge in [-0.25, -0.2) is 9.48 Å². The van der Waals surface area contributed by atoms with Crippen molar-refractivity contribution in [2.24, 2.45) is 0 Å². The van der Waals surface area contributed by atoms with Gasteiger partial charge in [0.2, 0.25) is 11.1 Å². The number of benzene rings is 3. The molecule has 46 heavy (non-hydrogen) atoms. The van der Waals surface area contributed by atoms with Crippen molar-refractivity contribution in [1.29, 1.82) is 0 Å². The largest absolute Gasteiger partial charge is 0.490 e. The molecule has 242 valence electrons. The summed E-state index contributed by atoms with van der Waals surface area (Å²) in [4.78, 5) is 18.4. The lowest BCUT2D eigenvalue weighted by Gasteiger charge is -2.29. The SMILES string of the molecule is CCCCOC(=O)C1=C(C)Nc2nc(SCc3ccccc3Cl)nn2C1c1cc(Br)c(OCc2ccc(Cl)cc2Cl)c(OCC)c1. The maximum absolute atomic E-state index is 13.6. The van der Waals surface area contributed by atoms with E-state index >= 15 is 0 Å². The number of aromatic nitrogens is 3. The van der Waals surface area contributed by atoms with Gasteiger partial charge in [0, 0.05) is 32.1 Å². The Balaban J connectivity index is 1.52. The highest BCUT2D eigenvalue weighted by atomic mass is 79.9. The molecule has 1 aliphatic heterocycles. The van der Waals surface area contributed by atoms with Gasteiger partial charge in [0.1, 0.15) is 12.6 Å². The van der Waals surface area contributed by atoms with E-state index in [-0.39, 0.29) is 6.61 Å². The number of carbonyl (C=O) groups excluding carboxylic acids is 1. The molecule has 1 aliphatic rings. The van der Waals surface area contributed by atoms with Crippen LogP contribution < -0.4 is 14.8 Å². The molecule has 0 saturated heterocycles. The van der Waals surface area contributed by atoms with Gasteiger partial charge in [0.15, 0.2) is 11.5 Å². The second kappa shape index (κ2) is 15.8. The second-order valence-electron chi connectivity index (χ2n) is 10.4. The van der Waals surface area contributed by atoms with Crippen molar-refractivity contribution in [2.75, 3.05) is 18.5 Å². The van der Waals surface area contributed by atoms with E-state index in [0.717, 1.165) is 29.5 Å². The monoisotopic (exact) mass is 764 g/mol. The molecule has 13 heteroatoms. The van der Waals surface area contributed by atoms with Crippen molar-refractivity contribution in [1.82, 2.24) is 14.8 Å². The quantitative estimate of drug-likeness (QED) is 0.0818. The molecule has 4 aromatic rings. The number of anilines is 1. The molecule has 2 heterocycles. The van der Waals surface area contributed by atoms with Crippen LogP contribution in [0.1, 0.15) is 56.3 Å². The van der Waals surface area contributed by atoms with E-state index in [2.05, 4.69) is 21.2 Å². The van der Waals surface area contributed by atoms with Gasteiger partial charge in [0.05, 0.1) is 23.3 Å². The first-order valence-corrected chi connectivity index (χ1v) is 17.6. The first kappa shape index (κ1) is 34.4. The smallest absolute Gasteiger partial charge is 0.338 e. The van der Waals surface area contributed by atoms with Gasteiger partial charge in [-0.2, -0.15) is 4.98 Å². The van der Waals surface area contributed by atoms with Crippen LogP contribution in [0.5, 0.6) is 11.5 Å². The minimum Gasteiger partial charge on any atom is -0.490 e. The van der Waals surface area contributed by atoms with Gasteiger partial charge in [0.25, 0.3) is 0 Å². The van der Waals surface area contributed by atoms with Gasteiger partial charge >= 0.3 is 5.97 Å². The van der Waals surface area contributed by atoms with Gasteiger partial charge < -0.3 is 19.5 Å². The van der Waals surface area contributed by atoms with Gasteiger partial charge in [-0.3, -0.25) is 0 Å². The molecule has 1 N–H and O–H groups in total. The molecule has 8 nitrogen and oxygen atoms in total. The zero-order chi connectivity index (χ0) is 32.8. The fraction of sp³-hybridized carbons (Fsp3) is 0.303. The first-order valence-electron chi connectivity index (χ1n) is 14.7. The number of ether oxygens (including phenoxy) is 3. The number of carbonyl (C=O) groups is 1. The van der Waals surface area contributed by atoms with E-state index in [9.17, 15) is 4.79 Å². The number of allylic oxidation sites excluding steroid dienone is 1. The first-order chi connectivity index (χ1) is 22.2. The molecule has 3 aromatic carbocycles. The van der Waals surface area contributed by atoms with E-state index in [0.29, 0.717) is 72.4 Å². The molecule has 5 rings (SSSR count). The topological polar surface area (TPSA) is 87.5 Å². The Morgan fingerprint density at radius 2 is 1.85 bits per heavy atom. The number of hydrogen-bond acceptors (Lipinski definition) is 8. The predicted molar refractivity (Wildman–Crippen MR) is 187 cm³/mol. The molecular formula is C33H32BrCl3N4O4S. The molecule has 1 unspecified atom stereocenters. The Morgan fingerprint density at radius 3 is 2.59 bits per heavy atom. The number of esters is 1. The maximum Gasteiger partial charge on any atom is 0.338 e. The minimum absolute atomic E-state index is 0.189. The Hall–Kier alpha value is -2.89. The van der Waals surface area contributed by atoms with E-state index in [1.54, 1.807) is 16.8 Å². The van der Waals surface area contributed by atoms with Crippen LogP contribution in [-0.4, -0.2) is 33.9 Å². The lowest BCUT2D eigenvalue weighted by molar-refractivity contribution is -0.139. The number of nitrogens with zero attached hydrogens (tertiary/aromatic N) is 3. The standard InChI is InChI=1S/C33H32BrCl3N4O4S/c1-4-6-13-44-31(42)28-19(3)38-32-39-33(46-18-21-9-7-8-10-25(21)36)40-41(32)29(28)22-14-24(34)30(27(15-22)43-5-2)45-17-20-11-12-23(35)16-26(20)37/h7-12,14-16,29H,4-6,13,17-18H2,1-3H3,(H,38,39,40). The Kier molecular flexibility index (Phi) is 11.8. The van der Waals surface area contributed by atoms with Crippen LogP contribution in [0.2, 0.25) is 15.1 Å². The van der Waals surface area contributed by atoms with Crippen LogP contribution in [0.25, 0.3) is 0 Å². The summed E-state index contributed by atoms with van der Waals surface area (Å²) in [5.74, 6) is 1.63. The number of nitrogens with one attached hydrogen (secondary N) is 1. The van der Waals surface area contributed by atoms with Crippen molar-refractivity contribution in [3.8, 4) is 11.5 Å². The van der Waals surface area contributed by atoms with Crippen molar-refractivity contribution in [2.45, 2.75) is 57.2 Å². The third kappa shape index (κ3) is 7.97. The fourth-order valence-corrected chi connectivity index (χ4v) is 7.00. The predicted octanol–water partition coefficient (Wildman–Crippen LogP) is 9.90. The average molecular weight is 767 g/mol. The normalized spacial score (nSPS) is 14.1. The second-order valence-corrected chi connectivity index (χ2v) is 13.4. The zero-order valence-electron chi connectivity index (χ0n) is 25.4. The highest BCUT2D eigenvalue weighted by molar-refractivity contribution is 9.10. The number of thioether (sulfide) groups is 1. The maximum atomic E-state index is 13.6. The van der Waals surface area contributed by atoms with Crippen molar-refractivity contribution in [3.63, 3.8) is 0 Å². The third-order valence-electron chi connectivity index (χ3n) is 7.13. The van der Waals surface area contributed by atoms with Crippen molar-refractivity contribution >= 4 is 74.4 Å².